The van der Waals surface area contributed by atoms with E-state index in [4.69, 9.17) is 4.74 Å². The maximum atomic E-state index is 12.7. The molecule has 3 rings (SSSR count). The number of aromatic nitrogens is 1. The van der Waals surface area contributed by atoms with E-state index in [-0.39, 0.29) is 11.9 Å². The summed E-state index contributed by atoms with van der Waals surface area (Å²) in [7, 11) is 1.61. The van der Waals surface area contributed by atoms with Crippen LogP contribution >= 0.6 is 0 Å². The molecule has 0 spiro atoms. The zero-order valence-corrected chi connectivity index (χ0v) is 12.3. The lowest BCUT2D eigenvalue weighted by molar-refractivity contribution is 0.0715. The number of aliphatic hydroxyl groups is 1. The van der Waals surface area contributed by atoms with Gasteiger partial charge in [0.25, 0.3) is 5.91 Å². The minimum atomic E-state index is -0.517. The first-order valence-corrected chi connectivity index (χ1v) is 7.22. The van der Waals surface area contributed by atoms with Crippen LogP contribution in [0.25, 0.3) is 0 Å². The Morgan fingerprint density at radius 2 is 2.23 bits per heavy atom. The molecule has 2 atom stereocenters. The van der Waals surface area contributed by atoms with Gasteiger partial charge in [-0.15, -0.1) is 0 Å². The predicted molar refractivity (Wildman–Crippen MR) is 81.6 cm³/mol. The number of amides is 1. The molecule has 1 saturated heterocycles. The Bertz CT molecular complexity index is 660. The molecule has 114 valence electrons. The number of ether oxygens (including phenoxy) is 1. The number of hydrogen-bond donors (Lipinski definition) is 1. The first-order chi connectivity index (χ1) is 10.7. The van der Waals surface area contributed by atoms with Crippen molar-refractivity contribution in [2.24, 2.45) is 0 Å². The molecule has 2 unspecified atom stereocenters. The molecular weight excluding hydrogens is 280 g/mol. The van der Waals surface area contributed by atoms with Crippen molar-refractivity contribution in [1.29, 1.82) is 0 Å². The molecule has 0 bridgehead atoms. The van der Waals surface area contributed by atoms with Crippen molar-refractivity contribution in [3.63, 3.8) is 0 Å². The molecule has 1 aliphatic heterocycles. The molecule has 5 nitrogen and oxygen atoms in total. The number of carbonyl (C=O) groups excluding carboxylic acids is 1. The standard InChI is InChI=1S/C17H18N2O3/c1-22-15-6-2-4-12(8-15)16-9-14(20)11-19(16)17(21)13-5-3-7-18-10-13/h2-8,10,14,16,20H,9,11H2,1H3. The molecular formula is C17H18N2O3. The van der Waals surface area contributed by atoms with Gasteiger partial charge in [-0.3, -0.25) is 9.78 Å². The van der Waals surface area contributed by atoms with Crippen molar-refractivity contribution in [3.8, 4) is 5.75 Å². The first kappa shape index (κ1) is 14.5. The van der Waals surface area contributed by atoms with Gasteiger partial charge in [0.05, 0.1) is 24.8 Å². The van der Waals surface area contributed by atoms with Crippen molar-refractivity contribution in [2.45, 2.75) is 18.6 Å². The Kier molecular flexibility index (Phi) is 4.06. The minimum Gasteiger partial charge on any atom is -0.497 e. The van der Waals surface area contributed by atoms with Crippen molar-refractivity contribution in [2.75, 3.05) is 13.7 Å². The number of aliphatic hydroxyl groups excluding tert-OH is 1. The van der Waals surface area contributed by atoms with Crippen LogP contribution in [0.5, 0.6) is 5.75 Å². The molecule has 1 aliphatic rings. The van der Waals surface area contributed by atoms with E-state index in [0.717, 1.165) is 11.3 Å². The number of likely N-dealkylation sites (tertiary alicyclic amines) is 1. The summed E-state index contributed by atoms with van der Waals surface area (Å²) in [5.74, 6) is 0.630. The lowest BCUT2D eigenvalue weighted by Crippen LogP contribution is -2.31. The SMILES string of the molecule is COc1cccc(C2CC(O)CN2C(=O)c2cccnc2)c1. The largest absolute Gasteiger partial charge is 0.497 e. The summed E-state index contributed by atoms with van der Waals surface area (Å²) < 4.78 is 5.25. The van der Waals surface area contributed by atoms with Gasteiger partial charge in [0.1, 0.15) is 5.75 Å². The third-order valence-electron chi connectivity index (χ3n) is 3.93. The van der Waals surface area contributed by atoms with Crippen LogP contribution in [-0.2, 0) is 0 Å². The van der Waals surface area contributed by atoms with E-state index in [9.17, 15) is 9.90 Å². The van der Waals surface area contributed by atoms with E-state index < -0.39 is 6.10 Å². The van der Waals surface area contributed by atoms with Gasteiger partial charge in [0, 0.05) is 18.9 Å². The Balaban J connectivity index is 1.90. The van der Waals surface area contributed by atoms with Gasteiger partial charge in [0.15, 0.2) is 0 Å². The zero-order valence-electron chi connectivity index (χ0n) is 12.3. The third kappa shape index (κ3) is 2.80. The van der Waals surface area contributed by atoms with Gasteiger partial charge in [-0.2, -0.15) is 0 Å². The Hall–Kier alpha value is -2.40. The normalized spacial score (nSPS) is 20.9. The van der Waals surface area contributed by atoms with Crippen LogP contribution in [0.3, 0.4) is 0 Å². The molecule has 5 heteroatoms. The fourth-order valence-electron chi connectivity index (χ4n) is 2.86. The highest BCUT2D eigenvalue weighted by Crippen LogP contribution is 2.34. The second-order valence-electron chi connectivity index (χ2n) is 5.38. The smallest absolute Gasteiger partial charge is 0.256 e. The molecule has 0 saturated carbocycles. The summed E-state index contributed by atoms with van der Waals surface area (Å²) >= 11 is 0. The van der Waals surface area contributed by atoms with E-state index in [1.165, 1.54) is 0 Å². The first-order valence-electron chi connectivity index (χ1n) is 7.22. The summed E-state index contributed by atoms with van der Waals surface area (Å²) in [6, 6.07) is 10.9. The van der Waals surface area contributed by atoms with Gasteiger partial charge in [0.2, 0.25) is 0 Å². The number of rotatable bonds is 3. The van der Waals surface area contributed by atoms with Crippen LogP contribution in [0.1, 0.15) is 28.4 Å². The number of β-amino-alcohol motifs (C(OH)–C–C–N with tert-alkyl or cyclic N) is 1. The summed E-state index contributed by atoms with van der Waals surface area (Å²) in [5, 5.41) is 10.0. The van der Waals surface area contributed by atoms with E-state index in [1.807, 2.05) is 24.3 Å². The quantitative estimate of drug-likeness (QED) is 0.942. The second kappa shape index (κ2) is 6.15. The van der Waals surface area contributed by atoms with Crippen molar-refractivity contribution >= 4 is 5.91 Å². The number of pyridine rings is 1. The van der Waals surface area contributed by atoms with E-state index >= 15 is 0 Å². The molecule has 1 amide bonds. The summed E-state index contributed by atoms with van der Waals surface area (Å²) in [6.07, 6.45) is 3.20. The van der Waals surface area contributed by atoms with Gasteiger partial charge >= 0.3 is 0 Å². The molecule has 1 aromatic heterocycles. The minimum absolute atomic E-state index is 0.113. The molecule has 0 aliphatic carbocycles. The monoisotopic (exact) mass is 298 g/mol. The topological polar surface area (TPSA) is 62.7 Å². The van der Waals surface area contributed by atoms with Gasteiger partial charge < -0.3 is 14.7 Å². The summed E-state index contributed by atoms with van der Waals surface area (Å²) in [4.78, 5) is 18.4. The van der Waals surface area contributed by atoms with Gasteiger partial charge in [-0.05, 0) is 36.2 Å². The number of benzene rings is 1. The lowest BCUT2D eigenvalue weighted by atomic mass is 10.0. The van der Waals surface area contributed by atoms with E-state index in [2.05, 4.69) is 4.98 Å². The van der Waals surface area contributed by atoms with Crippen molar-refractivity contribution in [3.05, 3.63) is 59.9 Å². The van der Waals surface area contributed by atoms with Crippen molar-refractivity contribution < 1.29 is 14.6 Å². The molecule has 0 radical (unpaired) electrons. The third-order valence-corrected chi connectivity index (χ3v) is 3.93. The maximum Gasteiger partial charge on any atom is 0.256 e. The predicted octanol–water partition coefficient (Wildman–Crippen LogP) is 2.04. The average Bonchev–Trinajstić information content (AvgIpc) is 2.97. The lowest BCUT2D eigenvalue weighted by Gasteiger charge is -2.25. The van der Waals surface area contributed by atoms with Crippen LogP contribution in [0.15, 0.2) is 48.8 Å². The molecule has 2 heterocycles. The number of nitrogens with zero attached hydrogens (tertiary/aromatic N) is 2. The van der Waals surface area contributed by atoms with E-state index in [0.29, 0.717) is 18.5 Å². The molecule has 22 heavy (non-hydrogen) atoms. The molecule has 1 aromatic carbocycles. The number of hydrogen-bond acceptors (Lipinski definition) is 4. The number of methoxy groups -OCH3 is 1. The molecule has 2 aromatic rings. The fourth-order valence-corrected chi connectivity index (χ4v) is 2.86. The van der Waals surface area contributed by atoms with Crippen LogP contribution in [0.4, 0.5) is 0 Å². The van der Waals surface area contributed by atoms with Crippen LogP contribution in [0, 0.1) is 0 Å². The summed E-state index contributed by atoms with van der Waals surface area (Å²) in [6.45, 7) is 0.329. The Morgan fingerprint density at radius 3 is 2.95 bits per heavy atom. The fraction of sp³-hybridized carbons (Fsp3) is 0.294. The van der Waals surface area contributed by atoms with Crippen LogP contribution < -0.4 is 4.74 Å². The molecule has 1 N–H and O–H groups in total. The average molecular weight is 298 g/mol. The highest BCUT2D eigenvalue weighted by atomic mass is 16.5. The second-order valence-corrected chi connectivity index (χ2v) is 5.38. The maximum absolute atomic E-state index is 12.7. The zero-order chi connectivity index (χ0) is 15.5. The van der Waals surface area contributed by atoms with Gasteiger partial charge in [-0.1, -0.05) is 12.1 Å². The van der Waals surface area contributed by atoms with Crippen molar-refractivity contribution in [1.82, 2.24) is 9.88 Å². The van der Waals surface area contributed by atoms with Gasteiger partial charge in [-0.25, -0.2) is 0 Å². The van der Waals surface area contributed by atoms with Crippen LogP contribution in [-0.4, -0.2) is 40.7 Å². The highest BCUT2D eigenvalue weighted by molar-refractivity contribution is 5.94. The molecule has 1 fully saturated rings. The van der Waals surface area contributed by atoms with E-state index in [1.54, 1.807) is 36.5 Å². The van der Waals surface area contributed by atoms with Crippen LogP contribution in [0.2, 0.25) is 0 Å². The Labute approximate surface area is 129 Å². The Morgan fingerprint density at radius 1 is 1.36 bits per heavy atom. The summed E-state index contributed by atoms with van der Waals surface area (Å²) in [5.41, 5.74) is 1.50. The number of carbonyl (C=O) groups is 1. The highest BCUT2D eigenvalue weighted by Gasteiger charge is 2.35.